The first-order valence-electron chi connectivity index (χ1n) is 5.58. The van der Waals surface area contributed by atoms with Crippen molar-refractivity contribution in [1.82, 2.24) is 5.32 Å². The third-order valence-electron chi connectivity index (χ3n) is 2.34. The molecule has 0 spiro atoms. The Balaban J connectivity index is 2.68. The molecule has 0 saturated heterocycles. The molecule has 0 aliphatic heterocycles. The Morgan fingerprint density at radius 3 is 2.68 bits per heavy atom. The largest absolute Gasteiger partial charge is 0.508 e. The van der Waals surface area contributed by atoms with E-state index in [2.05, 4.69) is 16.6 Å². The van der Waals surface area contributed by atoms with Crippen molar-refractivity contribution in [1.29, 1.82) is 0 Å². The van der Waals surface area contributed by atoms with Gasteiger partial charge in [0.15, 0.2) is 0 Å². The molecule has 1 aromatic rings. The third kappa shape index (κ3) is 4.71. The number of aliphatic carboxylic acids is 1. The van der Waals surface area contributed by atoms with Crippen molar-refractivity contribution >= 4 is 12.1 Å². The summed E-state index contributed by atoms with van der Waals surface area (Å²) in [6.45, 7) is 3.37. The van der Waals surface area contributed by atoms with Gasteiger partial charge in [-0.3, -0.25) is 0 Å². The molecule has 1 aromatic carbocycles. The fourth-order valence-electron chi connectivity index (χ4n) is 1.42. The molecule has 1 rings (SSSR count). The minimum absolute atomic E-state index is 0.00520. The van der Waals surface area contributed by atoms with Crippen LogP contribution in [0.25, 0.3) is 0 Å². The lowest BCUT2D eigenvalue weighted by Gasteiger charge is -2.14. The molecule has 1 unspecified atom stereocenters. The number of para-hydroxylation sites is 1. The Labute approximate surface area is 110 Å². The molecule has 0 aliphatic carbocycles. The second kappa shape index (κ2) is 7.05. The van der Waals surface area contributed by atoms with Gasteiger partial charge in [-0.2, -0.15) is 0 Å². The van der Waals surface area contributed by atoms with Crippen LogP contribution in [0.3, 0.4) is 0 Å². The number of hydrogen-bond acceptors (Lipinski definition) is 4. The maximum absolute atomic E-state index is 11.3. The smallest absolute Gasteiger partial charge is 0.408 e. The van der Waals surface area contributed by atoms with Gasteiger partial charge in [0.1, 0.15) is 18.4 Å². The van der Waals surface area contributed by atoms with Gasteiger partial charge in [-0.05, 0) is 11.6 Å². The van der Waals surface area contributed by atoms with Crippen molar-refractivity contribution in [2.45, 2.75) is 12.5 Å². The lowest BCUT2D eigenvalue weighted by Crippen LogP contribution is -2.42. The Bertz CT molecular complexity index is 472. The zero-order valence-corrected chi connectivity index (χ0v) is 10.2. The lowest BCUT2D eigenvalue weighted by atomic mass is 10.1. The molecular formula is C13H15NO5. The van der Waals surface area contributed by atoms with Crippen LogP contribution in [0.15, 0.2) is 36.9 Å². The zero-order valence-electron chi connectivity index (χ0n) is 10.2. The molecule has 6 heteroatoms. The number of rotatable bonds is 6. The van der Waals surface area contributed by atoms with E-state index in [1.165, 1.54) is 12.1 Å². The van der Waals surface area contributed by atoms with Gasteiger partial charge < -0.3 is 20.3 Å². The van der Waals surface area contributed by atoms with Gasteiger partial charge in [0.2, 0.25) is 0 Å². The van der Waals surface area contributed by atoms with E-state index >= 15 is 0 Å². The van der Waals surface area contributed by atoms with Crippen molar-refractivity contribution in [3.8, 4) is 5.75 Å². The Hall–Kier alpha value is -2.50. The first-order chi connectivity index (χ1) is 9.04. The second-order valence-corrected chi connectivity index (χ2v) is 3.76. The second-order valence-electron chi connectivity index (χ2n) is 3.76. The summed E-state index contributed by atoms with van der Waals surface area (Å²) in [5.41, 5.74) is 0.430. The van der Waals surface area contributed by atoms with Crippen LogP contribution in [0.1, 0.15) is 5.56 Å². The van der Waals surface area contributed by atoms with Crippen LogP contribution < -0.4 is 5.32 Å². The number of amides is 1. The van der Waals surface area contributed by atoms with Crippen LogP contribution in [-0.4, -0.2) is 34.9 Å². The highest BCUT2D eigenvalue weighted by atomic mass is 16.5. The number of carbonyl (C=O) groups excluding carboxylic acids is 1. The number of carboxylic acid groups (broad SMARTS) is 1. The molecule has 1 amide bonds. The number of ether oxygens (including phenoxy) is 1. The Morgan fingerprint density at radius 2 is 2.11 bits per heavy atom. The van der Waals surface area contributed by atoms with E-state index < -0.39 is 18.1 Å². The first-order valence-corrected chi connectivity index (χ1v) is 5.58. The summed E-state index contributed by atoms with van der Waals surface area (Å²) in [5, 5.41) is 20.8. The van der Waals surface area contributed by atoms with Gasteiger partial charge in [-0.15, -0.1) is 0 Å². The number of benzene rings is 1. The topological polar surface area (TPSA) is 95.9 Å². The van der Waals surface area contributed by atoms with Gasteiger partial charge in [0.25, 0.3) is 0 Å². The highest BCUT2D eigenvalue weighted by Gasteiger charge is 2.22. The quantitative estimate of drug-likeness (QED) is 0.674. The number of phenols is 1. The third-order valence-corrected chi connectivity index (χ3v) is 2.34. The van der Waals surface area contributed by atoms with Gasteiger partial charge in [-0.25, -0.2) is 9.59 Å². The van der Waals surface area contributed by atoms with Crippen LogP contribution in [0.4, 0.5) is 4.79 Å². The number of alkyl carbamates (subject to hydrolysis) is 1. The van der Waals surface area contributed by atoms with Crippen molar-refractivity contribution in [2.24, 2.45) is 0 Å². The number of phenolic OH excluding ortho intramolecular Hbond substituents is 1. The maximum atomic E-state index is 11.3. The summed E-state index contributed by atoms with van der Waals surface area (Å²) in [5.74, 6) is -1.23. The molecular weight excluding hydrogens is 250 g/mol. The molecule has 0 saturated carbocycles. The van der Waals surface area contributed by atoms with Crippen molar-refractivity contribution in [3.05, 3.63) is 42.5 Å². The van der Waals surface area contributed by atoms with E-state index in [-0.39, 0.29) is 18.8 Å². The normalized spacial score (nSPS) is 11.4. The summed E-state index contributed by atoms with van der Waals surface area (Å²) < 4.78 is 4.65. The average Bonchev–Trinajstić information content (AvgIpc) is 2.38. The number of carboxylic acids is 1. The van der Waals surface area contributed by atoms with Crippen molar-refractivity contribution in [2.75, 3.05) is 6.61 Å². The number of aromatic hydroxyl groups is 1. The predicted octanol–water partition coefficient (Wildman–Crippen LogP) is 1.30. The van der Waals surface area contributed by atoms with Gasteiger partial charge in [0.05, 0.1) is 0 Å². The van der Waals surface area contributed by atoms with E-state index in [0.717, 1.165) is 0 Å². The van der Waals surface area contributed by atoms with E-state index in [1.807, 2.05) is 0 Å². The van der Waals surface area contributed by atoms with E-state index in [4.69, 9.17) is 5.11 Å². The highest BCUT2D eigenvalue weighted by Crippen LogP contribution is 2.17. The minimum atomic E-state index is -1.21. The fourth-order valence-corrected chi connectivity index (χ4v) is 1.42. The van der Waals surface area contributed by atoms with Crippen LogP contribution >= 0.6 is 0 Å². The standard InChI is InChI=1S/C13H15NO5/c1-2-7-19-13(18)14-10(12(16)17)8-9-5-3-4-6-11(9)15/h2-6,10,15H,1,7-8H2,(H,14,18)(H,16,17). The van der Waals surface area contributed by atoms with E-state index in [1.54, 1.807) is 18.2 Å². The van der Waals surface area contributed by atoms with Gasteiger partial charge in [0, 0.05) is 6.42 Å². The van der Waals surface area contributed by atoms with Gasteiger partial charge >= 0.3 is 12.1 Å². The molecule has 3 N–H and O–H groups in total. The molecule has 19 heavy (non-hydrogen) atoms. The van der Waals surface area contributed by atoms with Crippen molar-refractivity contribution in [3.63, 3.8) is 0 Å². The van der Waals surface area contributed by atoms with Crippen LogP contribution in [0.5, 0.6) is 5.75 Å². The molecule has 0 aromatic heterocycles. The predicted molar refractivity (Wildman–Crippen MR) is 67.9 cm³/mol. The average molecular weight is 265 g/mol. The number of hydrogen-bond donors (Lipinski definition) is 3. The molecule has 0 radical (unpaired) electrons. The molecule has 0 heterocycles. The molecule has 102 valence electrons. The van der Waals surface area contributed by atoms with Gasteiger partial charge in [-0.1, -0.05) is 30.9 Å². The SMILES string of the molecule is C=CCOC(=O)NC(Cc1ccccc1O)C(=O)O. The van der Waals surface area contributed by atoms with Crippen molar-refractivity contribution < 1.29 is 24.5 Å². The molecule has 1 atom stereocenters. The molecule has 0 fully saturated rings. The van der Waals surface area contributed by atoms with Crippen LogP contribution in [-0.2, 0) is 16.0 Å². The molecule has 0 aliphatic rings. The Morgan fingerprint density at radius 1 is 1.42 bits per heavy atom. The molecule has 6 nitrogen and oxygen atoms in total. The van der Waals surface area contributed by atoms with Crippen LogP contribution in [0, 0.1) is 0 Å². The zero-order chi connectivity index (χ0) is 14.3. The van der Waals surface area contributed by atoms with Crippen LogP contribution in [0.2, 0.25) is 0 Å². The van der Waals surface area contributed by atoms with E-state index in [0.29, 0.717) is 5.56 Å². The minimum Gasteiger partial charge on any atom is -0.508 e. The van der Waals surface area contributed by atoms with E-state index in [9.17, 15) is 14.7 Å². The molecule has 0 bridgehead atoms. The number of carbonyl (C=O) groups is 2. The fraction of sp³-hybridized carbons (Fsp3) is 0.231. The summed E-state index contributed by atoms with van der Waals surface area (Å²) in [6.07, 6.45) is 0.492. The summed E-state index contributed by atoms with van der Waals surface area (Å²) in [6, 6.07) is 5.15. The number of nitrogens with one attached hydrogen (secondary N) is 1. The monoisotopic (exact) mass is 265 g/mol. The highest BCUT2D eigenvalue weighted by molar-refractivity contribution is 5.80. The summed E-state index contributed by atoms with van der Waals surface area (Å²) in [7, 11) is 0. The Kier molecular flexibility index (Phi) is 5.40. The first kappa shape index (κ1) is 14.6. The summed E-state index contributed by atoms with van der Waals surface area (Å²) in [4.78, 5) is 22.3. The maximum Gasteiger partial charge on any atom is 0.408 e. The lowest BCUT2D eigenvalue weighted by molar-refractivity contribution is -0.139. The summed E-state index contributed by atoms with van der Waals surface area (Å²) >= 11 is 0.